The van der Waals surface area contributed by atoms with Crippen molar-refractivity contribution in [2.45, 2.75) is 20.8 Å². The number of nitrogens with one attached hydrogen (secondary N) is 1. The zero-order valence-electron chi connectivity index (χ0n) is 16.6. The first kappa shape index (κ1) is 20.0. The zero-order chi connectivity index (χ0) is 20.3. The first-order chi connectivity index (χ1) is 13.3. The minimum Gasteiger partial charge on any atom is -0.367 e. The van der Waals surface area contributed by atoms with Gasteiger partial charge in [-0.2, -0.15) is 0 Å². The van der Waals surface area contributed by atoms with E-state index in [-0.39, 0.29) is 17.5 Å². The fourth-order valence-electron chi connectivity index (χ4n) is 3.48. The normalized spacial score (nSPS) is 14.8. The van der Waals surface area contributed by atoms with Gasteiger partial charge in [-0.3, -0.25) is 14.5 Å². The van der Waals surface area contributed by atoms with E-state index in [0.29, 0.717) is 44.0 Å². The quantitative estimate of drug-likeness (QED) is 0.804. The maximum Gasteiger partial charge on any atom is 0.238 e. The molecule has 0 aliphatic carbocycles. The SMILES string of the molecule is CC(=O)c1ccc(N2CCN(CC(=O)Nc3ccc(C)cc3C)CC2)c(F)c1. The van der Waals surface area contributed by atoms with Crippen LogP contribution in [0.1, 0.15) is 28.4 Å². The van der Waals surface area contributed by atoms with Crippen LogP contribution >= 0.6 is 0 Å². The number of Topliss-reactive ketones (excluding diaryl/α,β-unsaturated/α-hetero) is 1. The van der Waals surface area contributed by atoms with Gasteiger partial charge in [-0.25, -0.2) is 4.39 Å². The van der Waals surface area contributed by atoms with Gasteiger partial charge in [0.1, 0.15) is 5.82 Å². The van der Waals surface area contributed by atoms with Gasteiger partial charge in [0.05, 0.1) is 12.2 Å². The van der Waals surface area contributed by atoms with Gasteiger partial charge >= 0.3 is 0 Å². The van der Waals surface area contributed by atoms with Crippen LogP contribution in [0.25, 0.3) is 0 Å². The van der Waals surface area contributed by atoms with Gasteiger partial charge in [0.2, 0.25) is 5.91 Å². The summed E-state index contributed by atoms with van der Waals surface area (Å²) < 4.78 is 14.3. The standard InChI is InChI=1S/C22H26FN3O2/c1-15-4-6-20(16(2)12-15)24-22(28)14-25-8-10-26(11-9-25)21-7-5-18(17(3)27)13-19(21)23/h4-7,12-13H,8-11,14H2,1-3H3,(H,24,28). The molecule has 0 saturated carbocycles. The zero-order valence-corrected chi connectivity index (χ0v) is 16.6. The Morgan fingerprint density at radius 3 is 2.36 bits per heavy atom. The molecule has 1 fully saturated rings. The van der Waals surface area contributed by atoms with Crippen LogP contribution in [0.2, 0.25) is 0 Å². The molecule has 2 aromatic carbocycles. The summed E-state index contributed by atoms with van der Waals surface area (Å²) in [6.07, 6.45) is 0. The number of carbonyl (C=O) groups is 2. The van der Waals surface area contributed by atoms with E-state index < -0.39 is 0 Å². The van der Waals surface area contributed by atoms with E-state index in [1.54, 1.807) is 12.1 Å². The van der Waals surface area contributed by atoms with Crippen molar-refractivity contribution in [2.24, 2.45) is 0 Å². The van der Waals surface area contributed by atoms with Crippen LogP contribution < -0.4 is 10.2 Å². The van der Waals surface area contributed by atoms with Gasteiger partial charge in [-0.1, -0.05) is 17.7 Å². The average molecular weight is 383 g/mol. The summed E-state index contributed by atoms with van der Waals surface area (Å²) >= 11 is 0. The number of halogens is 1. The molecule has 5 nitrogen and oxygen atoms in total. The second kappa shape index (κ2) is 8.52. The molecule has 1 aliphatic rings. The summed E-state index contributed by atoms with van der Waals surface area (Å²) in [6.45, 7) is 8.36. The second-order valence-corrected chi connectivity index (χ2v) is 7.35. The minimum absolute atomic E-state index is 0.0441. The van der Waals surface area contributed by atoms with E-state index in [1.165, 1.54) is 13.0 Å². The first-order valence-electron chi connectivity index (χ1n) is 9.48. The van der Waals surface area contributed by atoms with Crippen molar-refractivity contribution in [3.8, 4) is 0 Å². The van der Waals surface area contributed by atoms with Gasteiger partial charge in [0.25, 0.3) is 0 Å². The van der Waals surface area contributed by atoms with Crippen LogP contribution in [0.3, 0.4) is 0 Å². The van der Waals surface area contributed by atoms with E-state index >= 15 is 0 Å². The molecule has 2 aromatic rings. The van der Waals surface area contributed by atoms with Crippen molar-refractivity contribution in [2.75, 3.05) is 42.9 Å². The third-order valence-electron chi connectivity index (χ3n) is 5.09. The van der Waals surface area contributed by atoms with Crippen molar-refractivity contribution in [1.29, 1.82) is 0 Å². The lowest BCUT2D eigenvalue weighted by atomic mass is 10.1. The molecule has 148 valence electrons. The van der Waals surface area contributed by atoms with Gasteiger partial charge in [0.15, 0.2) is 5.78 Å². The largest absolute Gasteiger partial charge is 0.367 e. The fraction of sp³-hybridized carbons (Fsp3) is 0.364. The molecule has 0 radical (unpaired) electrons. The third-order valence-corrected chi connectivity index (χ3v) is 5.09. The predicted molar refractivity (Wildman–Crippen MR) is 110 cm³/mol. The molecule has 1 heterocycles. The summed E-state index contributed by atoms with van der Waals surface area (Å²) in [6, 6.07) is 10.6. The third kappa shape index (κ3) is 4.75. The van der Waals surface area contributed by atoms with Gasteiger partial charge in [-0.15, -0.1) is 0 Å². The molecular formula is C22H26FN3O2. The number of benzene rings is 2. The molecule has 3 rings (SSSR count). The highest BCUT2D eigenvalue weighted by molar-refractivity contribution is 5.94. The Bertz CT molecular complexity index is 889. The van der Waals surface area contributed by atoms with Crippen LogP contribution in [0.5, 0.6) is 0 Å². The number of piperazine rings is 1. The average Bonchev–Trinajstić information content (AvgIpc) is 2.65. The van der Waals surface area contributed by atoms with Crippen molar-refractivity contribution in [3.05, 3.63) is 58.9 Å². The van der Waals surface area contributed by atoms with Crippen LogP contribution in [0.4, 0.5) is 15.8 Å². The Labute approximate surface area is 165 Å². The lowest BCUT2D eigenvalue weighted by Crippen LogP contribution is -2.49. The number of carbonyl (C=O) groups excluding carboxylic acids is 2. The highest BCUT2D eigenvalue weighted by atomic mass is 19.1. The van der Waals surface area contributed by atoms with Crippen molar-refractivity contribution in [3.63, 3.8) is 0 Å². The number of anilines is 2. The minimum atomic E-state index is -0.381. The lowest BCUT2D eigenvalue weighted by molar-refractivity contribution is -0.117. The predicted octanol–water partition coefficient (Wildman–Crippen LogP) is 3.41. The number of hydrogen-bond donors (Lipinski definition) is 1. The Morgan fingerprint density at radius 1 is 1.04 bits per heavy atom. The van der Waals surface area contributed by atoms with Crippen LogP contribution in [-0.2, 0) is 4.79 Å². The topological polar surface area (TPSA) is 52.7 Å². The molecule has 1 amide bonds. The molecule has 0 bridgehead atoms. The molecule has 1 aliphatic heterocycles. The summed E-state index contributed by atoms with van der Waals surface area (Å²) in [5.41, 5.74) is 3.92. The number of hydrogen-bond acceptors (Lipinski definition) is 4. The molecule has 0 unspecified atom stereocenters. The van der Waals surface area contributed by atoms with Gasteiger partial charge < -0.3 is 10.2 Å². The molecule has 0 atom stereocenters. The van der Waals surface area contributed by atoms with Crippen molar-refractivity contribution >= 4 is 23.1 Å². The molecule has 0 spiro atoms. The van der Waals surface area contributed by atoms with Gasteiger partial charge in [0, 0.05) is 37.4 Å². The summed E-state index contributed by atoms with van der Waals surface area (Å²) in [5.74, 6) is -0.573. The molecule has 6 heteroatoms. The lowest BCUT2D eigenvalue weighted by Gasteiger charge is -2.35. The number of amides is 1. The summed E-state index contributed by atoms with van der Waals surface area (Å²) in [5, 5.41) is 2.97. The first-order valence-corrected chi connectivity index (χ1v) is 9.48. The Morgan fingerprint density at radius 2 is 1.75 bits per heavy atom. The molecule has 28 heavy (non-hydrogen) atoms. The fourth-order valence-corrected chi connectivity index (χ4v) is 3.48. The van der Waals surface area contributed by atoms with Crippen molar-refractivity contribution < 1.29 is 14.0 Å². The van der Waals surface area contributed by atoms with E-state index in [2.05, 4.69) is 10.2 Å². The monoisotopic (exact) mass is 383 g/mol. The van der Waals surface area contributed by atoms with Gasteiger partial charge in [-0.05, 0) is 50.6 Å². The number of nitrogens with zero attached hydrogens (tertiary/aromatic N) is 2. The van der Waals surface area contributed by atoms with E-state index in [1.807, 2.05) is 36.9 Å². The smallest absolute Gasteiger partial charge is 0.238 e. The van der Waals surface area contributed by atoms with Crippen LogP contribution in [-0.4, -0.2) is 49.3 Å². The molecular weight excluding hydrogens is 357 g/mol. The highest BCUT2D eigenvalue weighted by Gasteiger charge is 2.21. The number of rotatable bonds is 5. The molecule has 0 aromatic heterocycles. The highest BCUT2D eigenvalue weighted by Crippen LogP contribution is 2.22. The van der Waals surface area contributed by atoms with E-state index in [9.17, 15) is 14.0 Å². The summed E-state index contributed by atoms with van der Waals surface area (Å²) in [4.78, 5) is 27.8. The Hall–Kier alpha value is -2.73. The van der Waals surface area contributed by atoms with Crippen LogP contribution in [0.15, 0.2) is 36.4 Å². The van der Waals surface area contributed by atoms with E-state index in [4.69, 9.17) is 0 Å². The Balaban J connectivity index is 1.54. The maximum absolute atomic E-state index is 14.3. The Kier molecular flexibility index (Phi) is 6.09. The number of ketones is 1. The second-order valence-electron chi connectivity index (χ2n) is 7.35. The summed E-state index contributed by atoms with van der Waals surface area (Å²) in [7, 11) is 0. The number of aryl methyl sites for hydroxylation is 2. The molecule has 1 N–H and O–H groups in total. The van der Waals surface area contributed by atoms with Crippen LogP contribution in [0, 0.1) is 19.7 Å². The van der Waals surface area contributed by atoms with Crippen molar-refractivity contribution in [1.82, 2.24) is 4.90 Å². The van der Waals surface area contributed by atoms with E-state index in [0.717, 1.165) is 16.8 Å². The molecule has 1 saturated heterocycles. The maximum atomic E-state index is 14.3.